The maximum atomic E-state index is 11.5. The predicted octanol–water partition coefficient (Wildman–Crippen LogP) is 7.20. The lowest BCUT2D eigenvalue weighted by molar-refractivity contribution is -0.129. The van der Waals surface area contributed by atoms with E-state index in [-0.39, 0.29) is 0 Å². The molecule has 4 rings (SSSR count). The Morgan fingerprint density at radius 2 is 0.833 bits per heavy atom. The van der Waals surface area contributed by atoms with Gasteiger partial charge in [0.15, 0.2) is 5.16 Å². The third kappa shape index (κ3) is 9.23. The summed E-state index contributed by atoms with van der Waals surface area (Å²) in [5, 5.41) is 1.89. The molecule has 11 heteroatoms. The molecule has 0 atom stereocenters. The van der Waals surface area contributed by atoms with Crippen molar-refractivity contribution in [3.63, 3.8) is 0 Å². The van der Waals surface area contributed by atoms with E-state index in [0.29, 0.717) is 32.5 Å². The van der Waals surface area contributed by atoms with Gasteiger partial charge in [-0.3, -0.25) is 0 Å². The van der Waals surface area contributed by atoms with Crippen molar-refractivity contribution in [1.29, 1.82) is 0 Å². The monoisotopic (exact) mass is 614 g/mol. The Labute approximate surface area is 254 Å². The van der Waals surface area contributed by atoms with Gasteiger partial charge >= 0.3 is 17.9 Å². The summed E-state index contributed by atoms with van der Waals surface area (Å²) >= 11 is 4.19. The Balaban J connectivity index is 1.56. The van der Waals surface area contributed by atoms with Crippen molar-refractivity contribution in [2.24, 2.45) is 0 Å². The highest BCUT2D eigenvalue weighted by atomic mass is 32.2. The summed E-state index contributed by atoms with van der Waals surface area (Å²) in [5.41, 5.74) is 0. The molecule has 3 aromatic carbocycles. The van der Waals surface area contributed by atoms with Crippen LogP contribution in [0.15, 0.2) is 147 Å². The van der Waals surface area contributed by atoms with E-state index < -0.39 is 17.9 Å². The van der Waals surface area contributed by atoms with Crippen LogP contribution in [0.3, 0.4) is 0 Å². The van der Waals surface area contributed by atoms with Gasteiger partial charge in [0, 0.05) is 39.0 Å². The van der Waals surface area contributed by atoms with E-state index in [4.69, 9.17) is 24.2 Å². The van der Waals surface area contributed by atoms with Gasteiger partial charge in [-0.1, -0.05) is 43.3 Å². The van der Waals surface area contributed by atoms with Gasteiger partial charge in [0.2, 0.25) is 0 Å². The second-order valence-electron chi connectivity index (χ2n) is 7.92. The van der Waals surface area contributed by atoms with Crippen LogP contribution in [0, 0.1) is 0 Å². The van der Waals surface area contributed by atoms with E-state index in [1.165, 1.54) is 35.3 Å². The molecule has 210 valence electrons. The van der Waals surface area contributed by atoms with Crippen LogP contribution in [0.5, 0.6) is 17.2 Å². The number of ether oxygens (including phenoxy) is 3. The van der Waals surface area contributed by atoms with E-state index in [2.05, 4.69) is 19.7 Å². The first kappa shape index (κ1) is 30.4. The summed E-state index contributed by atoms with van der Waals surface area (Å²) in [6.07, 6.45) is 3.30. The van der Waals surface area contributed by atoms with E-state index in [1.54, 1.807) is 48.5 Å². The molecular weight excluding hydrogens is 593 g/mol. The third-order valence-corrected chi connectivity index (χ3v) is 7.66. The van der Waals surface area contributed by atoms with Crippen molar-refractivity contribution in [1.82, 2.24) is 9.97 Å². The molecule has 0 saturated heterocycles. The van der Waals surface area contributed by atoms with Crippen molar-refractivity contribution in [3.05, 3.63) is 117 Å². The topological polar surface area (TPSA) is 105 Å². The molecule has 1 aromatic heterocycles. The number of nitrogens with zero attached hydrogens (tertiary/aromatic N) is 2. The summed E-state index contributed by atoms with van der Waals surface area (Å²) in [5.74, 6) is -0.395. The van der Waals surface area contributed by atoms with Crippen LogP contribution in [0.25, 0.3) is 0 Å². The van der Waals surface area contributed by atoms with Gasteiger partial charge in [-0.05, 0) is 84.6 Å². The molecular formula is C31H22N2O6S3. The highest BCUT2D eigenvalue weighted by Gasteiger charge is 2.12. The summed E-state index contributed by atoms with van der Waals surface area (Å²) in [6, 6.07) is 22.9. The van der Waals surface area contributed by atoms with Crippen LogP contribution < -0.4 is 14.2 Å². The van der Waals surface area contributed by atoms with Crippen molar-refractivity contribution in [2.75, 3.05) is 0 Å². The number of esters is 3. The zero-order valence-electron chi connectivity index (χ0n) is 21.9. The average molecular weight is 615 g/mol. The molecule has 4 aromatic rings. The van der Waals surface area contributed by atoms with E-state index in [1.807, 2.05) is 30.3 Å². The summed E-state index contributed by atoms with van der Waals surface area (Å²) < 4.78 is 15.4. The van der Waals surface area contributed by atoms with Gasteiger partial charge in [0.25, 0.3) is 0 Å². The van der Waals surface area contributed by atoms with Gasteiger partial charge in [-0.2, -0.15) is 0 Å². The molecule has 0 saturated carbocycles. The van der Waals surface area contributed by atoms with E-state index in [0.717, 1.165) is 32.9 Å². The number of benzene rings is 3. The zero-order valence-corrected chi connectivity index (χ0v) is 24.4. The smallest absolute Gasteiger partial charge is 0.335 e. The minimum absolute atomic E-state index is 0.398. The molecule has 0 radical (unpaired) electrons. The summed E-state index contributed by atoms with van der Waals surface area (Å²) in [7, 11) is 0. The lowest BCUT2D eigenvalue weighted by atomic mass is 10.3. The van der Waals surface area contributed by atoms with Gasteiger partial charge in [-0.25, -0.2) is 24.4 Å². The Hall–Kier alpha value is -4.58. The average Bonchev–Trinajstić information content (AvgIpc) is 2.99. The van der Waals surface area contributed by atoms with E-state index in [9.17, 15) is 14.4 Å². The quantitative estimate of drug-likeness (QED) is 0.0532. The van der Waals surface area contributed by atoms with Crippen LogP contribution in [0.1, 0.15) is 0 Å². The van der Waals surface area contributed by atoms with Crippen molar-refractivity contribution in [3.8, 4) is 17.2 Å². The first-order valence-electron chi connectivity index (χ1n) is 12.1. The molecule has 0 aliphatic heterocycles. The highest BCUT2D eigenvalue weighted by Crippen LogP contribution is 2.36. The van der Waals surface area contributed by atoms with Gasteiger partial charge in [0.1, 0.15) is 27.3 Å². The lowest BCUT2D eigenvalue weighted by Crippen LogP contribution is -2.02. The first-order chi connectivity index (χ1) is 20.3. The largest absolute Gasteiger partial charge is 0.423 e. The maximum Gasteiger partial charge on any atom is 0.335 e. The number of rotatable bonds is 12. The van der Waals surface area contributed by atoms with Crippen LogP contribution in [-0.4, -0.2) is 27.9 Å². The fourth-order valence-corrected chi connectivity index (χ4v) is 5.68. The number of carbonyl (C=O) groups excluding carboxylic acids is 3. The van der Waals surface area contributed by atoms with Crippen LogP contribution in [0.4, 0.5) is 0 Å². The normalized spacial score (nSPS) is 10.3. The highest BCUT2D eigenvalue weighted by molar-refractivity contribution is 8.00. The minimum atomic E-state index is -0.538. The molecule has 0 unspecified atom stereocenters. The van der Waals surface area contributed by atoms with E-state index >= 15 is 0 Å². The molecule has 0 aliphatic carbocycles. The molecule has 0 N–H and O–H groups in total. The maximum absolute atomic E-state index is 11.5. The molecule has 0 spiro atoms. The summed E-state index contributed by atoms with van der Waals surface area (Å²) in [6.45, 7) is 10.2. The zero-order chi connectivity index (χ0) is 29.9. The number of hydrogen-bond donors (Lipinski definition) is 0. The fraction of sp³-hybridized carbons (Fsp3) is 0. The van der Waals surface area contributed by atoms with Gasteiger partial charge in [0.05, 0.1) is 0 Å². The number of hydrogen-bond acceptors (Lipinski definition) is 11. The van der Waals surface area contributed by atoms with Crippen molar-refractivity contribution < 1.29 is 28.6 Å². The minimum Gasteiger partial charge on any atom is -0.423 e. The molecule has 0 aliphatic rings. The Bertz CT molecular complexity index is 1420. The van der Waals surface area contributed by atoms with Crippen LogP contribution >= 0.6 is 35.3 Å². The van der Waals surface area contributed by atoms with Crippen molar-refractivity contribution in [2.45, 2.75) is 29.9 Å². The molecule has 0 bridgehead atoms. The second-order valence-corrected chi connectivity index (χ2v) is 11.2. The molecule has 8 nitrogen and oxygen atoms in total. The Morgan fingerprint density at radius 1 is 0.524 bits per heavy atom. The lowest BCUT2D eigenvalue weighted by Gasteiger charge is -2.09. The van der Waals surface area contributed by atoms with Crippen LogP contribution in [-0.2, 0) is 14.4 Å². The van der Waals surface area contributed by atoms with Crippen molar-refractivity contribution >= 4 is 53.2 Å². The SMILES string of the molecule is C=CC(=O)Oc1ccc(Sc2cc(Sc3ccc(OC(=O)C=C)cc3)nc(Sc3ccc(OC(=O)C=C)cc3)n2)cc1. The molecule has 42 heavy (non-hydrogen) atoms. The first-order valence-corrected chi connectivity index (χ1v) is 14.5. The van der Waals surface area contributed by atoms with Gasteiger partial charge < -0.3 is 14.2 Å². The summed E-state index contributed by atoms with van der Waals surface area (Å²) in [4.78, 5) is 46.5. The number of aromatic nitrogens is 2. The van der Waals surface area contributed by atoms with Crippen LogP contribution in [0.2, 0.25) is 0 Å². The molecule has 1 heterocycles. The van der Waals surface area contributed by atoms with Gasteiger partial charge in [-0.15, -0.1) is 0 Å². The number of carbonyl (C=O) groups is 3. The standard InChI is InChI=1S/C31H22N2O6S3/c1-4-28(34)37-20-7-13-23(14-8-20)40-26-19-27(41-24-15-9-21(10-16-24)38-29(35)5-2)33-31(32-26)42-25-17-11-22(12-18-25)39-30(36)6-3/h4-19H,1-3H2. The molecule has 0 amide bonds. The second kappa shape index (κ2) is 14.9. The Kier molecular flexibility index (Phi) is 10.8. The molecule has 0 fully saturated rings. The predicted molar refractivity (Wildman–Crippen MR) is 161 cm³/mol. The fourth-order valence-electron chi connectivity index (χ4n) is 3.08. The Morgan fingerprint density at radius 3 is 1.14 bits per heavy atom. The third-order valence-electron chi connectivity index (χ3n) is 4.94.